The molecule has 10 nitrogen and oxygen atoms in total. The molecule has 4 aromatic rings. The zero-order valence-corrected chi connectivity index (χ0v) is 18.9. The van der Waals surface area contributed by atoms with Crippen molar-refractivity contribution in [1.29, 1.82) is 0 Å². The summed E-state index contributed by atoms with van der Waals surface area (Å²) in [5.41, 5.74) is 4.30. The maximum Gasteiger partial charge on any atom is 0.280 e. The quantitative estimate of drug-likeness (QED) is 0.139. The number of amides is 1. The Balaban J connectivity index is 1.78. The number of hydrogen-bond acceptors (Lipinski definition) is 8. The molecule has 1 amide bonds. The molecule has 0 atom stereocenters. The van der Waals surface area contributed by atoms with Crippen molar-refractivity contribution in [2.45, 2.75) is 12.8 Å². The lowest BCUT2D eigenvalue weighted by Gasteiger charge is -2.12. The number of para-hydroxylation sites is 1. The van der Waals surface area contributed by atoms with Crippen LogP contribution in [0, 0.1) is 10.1 Å². The summed E-state index contributed by atoms with van der Waals surface area (Å²) in [6.07, 6.45) is 0.577. The average Bonchev–Trinajstić information content (AvgIpc) is 2.90. The molecule has 0 radical (unpaired) electrons. The molecule has 0 spiro atoms. The number of ether oxygens (including phenoxy) is 1. The number of fused-ring (bicyclic) bond motifs is 1. The Labute approximate surface area is 200 Å². The average molecular weight is 473 g/mol. The fourth-order valence-electron chi connectivity index (χ4n) is 3.68. The highest BCUT2D eigenvalue weighted by atomic mass is 16.6. The number of hydrogen-bond donors (Lipinski definition) is 3. The van der Waals surface area contributed by atoms with E-state index in [1.165, 1.54) is 6.07 Å². The molecule has 0 saturated carbocycles. The number of aromatic nitrogens is 2. The molecular formula is C25H23N5O5. The Morgan fingerprint density at radius 3 is 2.51 bits per heavy atom. The summed E-state index contributed by atoms with van der Waals surface area (Å²) in [5, 5.41) is 24.2. The van der Waals surface area contributed by atoms with Crippen molar-refractivity contribution in [1.82, 2.24) is 15.4 Å². The molecule has 0 aliphatic rings. The van der Waals surface area contributed by atoms with Gasteiger partial charge in [-0.3, -0.25) is 20.1 Å². The molecule has 178 valence electrons. The molecule has 4 rings (SSSR count). The van der Waals surface area contributed by atoms with Crippen LogP contribution in [0.15, 0.2) is 66.7 Å². The van der Waals surface area contributed by atoms with Gasteiger partial charge in [-0.1, -0.05) is 30.3 Å². The maximum atomic E-state index is 11.6. The predicted octanol–water partition coefficient (Wildman–Crippen LogP) is 4.58. The van der Waals surface area contributed by atoms with E-state index in [1.807, 2.05) is 42.5 Å². The van der Waals surface area contributed by atoms with E-state index in [1.54, 1.807) is 30.8 Å². The number of nitrogens with zero attached hydrogens (tertiary/aromatic N) is 3. The molecule has 0 aliphatic heterocycles. The highest BCUT2D eigenvalue weighted by Gasteiger charge is 2.19. The van der Waals surface area contributed by atoms with Crippen LogP contribution in [0.3, 0.4) is 0 Å². The number of methoxy groups -OCH3 is 1. The SMILES string of the molecule is COc1ccc(-c2ccc3c(NCCCC(=O)NO)nc(-c4ccccc4[N+](=O)[O-])nc3c2)cc1. The van der Waals surface area contributed by atoms with E-state index in [2.05, 4.69) is 15.3 Å². The first-order valence-corrected chi connectivity index (χ1v) is 10.9. The summed E-state index contributed by atoms with van der Waals surface area (Å²) < 4.78 is 5.23. The molecule has 3 aromatic carbocycles. The van der Waals surface area contributed by atoms with Crippen LogP contribution < -0.4 is 15.5 Å². The molecule has 10 heteroatoms. The number of carbonyl (C=O) groups excluding carboxylic acids is 1. The Kier molecular flexibility index (Phi) is 7.12. The first kappa shape index (κ1) is 23.6. The minimum atomic E-state index is -0.482. The number of nitro groups is 1. The molecule has 35 heavy (non-hydrogen) atoms. The van der Waals surface area contributed by atoms with Gasteiger partial charge in [0, 0.05) is 24.4 Å². The number of hydroxylamine groups is 1. The summed E-state index contributed by atoms with van der Waals surface area (Å²) in [7, 11) is 1.61. The minimum Gasteiger partial charge on any atom is -0.497 e. The molecule has 0 aliphatic carbocycles. The maximum absolute atomic E-state index is 11.6. The van der Waals surface area contributed by atoms with Crippen molar-refractivity contribution in [3.63, 3.8) is 0 Å². The second kappa shape index (κ2) is 10.6. The lowest BCUT2D eigenvalue weighted by atomic mass is 10.0. The number of anilines is 1. The standard InChI is InChI=1S/C25H23N5O5/c1-35-18-11-8-16(9-12-18)17-10-13-19-21(15-17)27-25(20-5-2-3-6-22(20)30(33)34)28-24(19)26-14-4-7-23(31)29-32/h2-3,5-6,8-13,15,32H,4,7,14H2,1H3,(H,29,31)(H,26,27,28). The zero-order valence-electron chi connectivity index (χ0n) is 18.9. The fourth-order valence-corrected chi connectivity index (χ4v) is 3.68. The van der Waals surface area contributed by atoms with Crippen molar-refractivity contribution in [3.05, 3.63) is 76.8 Å². The second-order valence-electron chi connectivity index (χ2n) is 7.70. The minimum absolute atomic E-state index is 0.0938. The highest BCUT2D eigenvalue weighted by molar-refractivity contribution is 5.94. The Bertz CT molecular complexity index is 1370. The second-order valence-corrected chi connectivity index (χ2v) is 7.70. The Hall–Kier alpha value is -4.57. The smallest absolute Gasteiger partial charge is 0.280 e. The topological polar surface area (TPSA) is 140 Å². The van der Waals surface area contributed by atoms with Crippen molar-refractivity contribution in [2.75, 3.05) is 19.0 Å². The number of carbonyl (C=O) groups is 1. The lowest BCUT2D eigenvalue weighted by molar-refractivity contribution is -0.384. The summed E-state index contributed by atoms with van der Waals surface area (Å²) >= 11 is 0. The molecule has 0 saturated heterocycles. The number of nitro benzene ring substituents is 1. The van der Waals surface area contributed by atoms with E-state index in [-0.39, 0.29) is 17.9 Å². The Morgan fingerprint density at radius 1 is 1.06 bits per heavy atom. The van der Waals surface area contributed by atoms with Crippen LogP contribution in [0.25, 0.3) is 33.4 Å². The van der Waals surface area contributed by atoms with Crippen molar-refractivity contribution in [2.24, 2.45) is 0 Å². The molecule has 0 unspecified atom stereocenters. The van der Waals surface area contributed by atoms with E-state index < -0.39 is 10.8 Å². The van der Waals surface area contributed by atoms with Crippen LogP contribution in [-0.4, -0.2) is 39.7 Å². The zero-order chi connectivity index (χ0) is 24.8. The summed E-state index contributed by atoms with van der Waals surface area (Å²) in [6.45, 7) is 0.399. The van der Waals surface area contributed by atoms with Crippen LogP contribution in [0.2, 0.25) is 0 Å². The molecule has 1 aromatic heterocycles. The van der Waals surface area contributed by atoms with E-state index >= 15 is 0 Å². The number of nitrogens with one attached hydrogen (secondary N) is 2. The molecular weight excluding hydrogens is 450 g/mol. The van der Waals surface area contributed by atoms with E-state index in [0.29, 0.717) is 29.9 Å². The fraction of sp³-hybridized carbons (Fsp3) is 0.160. The van der Waals surface area contributed by atoms with Gasteiger partial charge in [0.05, 0.1) is 23.1 Å². The predicted molar refractivity (Wildman–Crippen MR) is 131 cm³/mol. The molecule has 0 bridgehead atoms. The normalized spacial score (nSPS) is 10.7. The third kappa shape index (κ3) is 5.33. The first-order chi connectivity index (χ1) is 17.0. The Morgan fingerprint density at radius 2 is 1.80 bits per heavy atom. The van der Waals surface area contributed by atoms with Crippen LogP contribution in [0.5, 0.6) is 5.75 Å². The van der Waals surface area contributed by atoms with Gasteiger partial charge in [-0.2, -0.15) is 0 Å². The van der Waals surface area contributed by atoms with Crippen LogP contribution in [0.1, 0.15) is 12.8 Å². The molecule has 1 heterocycles. The van der Waals surface area contributed by atoms with E-state index in [0.717, 1.165) is 22.3 Å². The van der Waals surface area contributed by atoms with Gasteiger partial charge in [0.2, 0.25) is 5.91 Å². The first-order valence-electron chi connectivity index (χ1n) is 10.9. The number of benzene rings is 3. The molecule has 3 N–H and O–H groups in total. The third-order valence-corrected chi connectivity index (χ3v) is 5.46. The van der Waals surface area contributed by atoms with Gasteiger partial charge in [-0.05, 0) is 47.9 Å². The summed E-state index contributed by atoms with van der Waals surface area (Å²) in [5.74, 6) is 0.974. The van der Waals surface area contributed by atoms with Gasteiger partial charge in [-0.25, -0.2) is 15.4 Å². The van der Waals surface area contributed by atoms with Crippen molar-refractivity contribution < 1.29 is 19.7 Å². The van der Waals surface area contributed by atoms with Crippen molar-refractivity contribution >= 4 is 28.3 Å². The van der Waals surface area contributed by atoms with Gasteiger partial charge in [0.15, 0.2) is 5.82 Å². The number of rotatable bonds is 9. The highest BCUT2D eigenvalue weighted by Crippen LogP contribution is 2.33. The monoisotopic (exact) mass is 473 g/mol. The largest absolute Gasteiger partial charge is 0.497 e. The van der Waals surface area contributed by atoms with Gasteiger partial charge in [0.1, 0.15) is 11.6 Å². The lowest BCUT2D eigenvalue weighted by Crippen LogP contribution is -2.19. The molecule has 0 fully saturated rings. The van der Waals surface area contributed by atoms with Gasteiger partial charge < -0.3 is 10.1 Å². The van der Waals surface area contributed by atoms with E-state index in [9.17, 15) is 14.9 Å². The van der Waals surface area contributed by atoms with Crippen LogP contribution in [-0.2, 0) is 4.79 Å². The van der Waals surface area contributed by atoms with Crippen LogP contribution in [0.4, 0.5) is 11.5 Å². The van der Waals surface area contributed by atoms with Crippen molar-refractivity contribution in [3.8, 4) is 28.3 Å². The summed E-state index contributed by atoms with van der Waals surface area (Å²) in [6, 6.07) is 19.7. The summed E-state index contributed by atoms with van der Waals surface area (Å²) in [4.78, 5) is 31.7. The van der Waals surface area contributed by atoms with Gasteiger partial charge in [-0.15, -0.1) is 0 Å². The van der Waals surface area contributed by atoms with E-state index in [4.69, 9.17) is 9.94 Å². The van der Waals surface area contributed by atoms with Gasteiger partial charge in [0.25, 0.3) is 5.69 Å². The third-order valence-electron chi connectivity index (χ3n) is 5.46. The van der Waals surface area contributed by atoms with Gasteiger partial charge >= 0.3 is 0 Å². The van der Waals surface area contributed by atoms with Crippen LogP contribution >= 0.6 is 0 Å².